The van der Waals surface area contributed by atoms with Crippen molar-refractivity contribution < 1.29 is 9.15 Å². The van der Waals surface area contributed by atoms with E-state index in [-0.39, 0.29) is 6.04 Å². The second-order valence-corrected chi connectivity index (χ2v) is 5.08. The van der Waals surface area contributed by atoms with Gasteiger partial charge in [-0.3, -0.25) is 0 Å². The molecule has 0 aliphatic carbocycles. The predicted octanol–water partition coefficient (Wildman–Crippen LogP) is 4.27. The highest BCUT2D eigenvalue weighted by atomic mass is 16.5. The lowest BCUT2D eigenvalue weighted by Gasteiger charge is -2.10. The van der Waals surface area contributed by atoms with Crippen molar-refractivity contribution in [2.45, 2.75) is 19.4 Å². The van der Waals surface area contributed by atoms with E-state index in [0.29, 0.717) is 0 Å². The molecular formula is C18H19NO2. The van der Waals surface area contributed by atoms with E-state index in [0.717, 1.165) is 41.1 Å². The van der Waals surface area contributed by atoms with Gasteiger partial charge in [-0.1, -0.05) is 37.3 Å². The van der Waals surface area contributed by atoms with Crippen LogP contribution in [0.15, 0.2) is 59.0 Å². The molecule has 0 amide bonds. The first-order valence-corrected chi connectivity index (χ1v) is 7.24. The highest BCUT2D eigenvalue weighted by Crippen LogP contribution is 2.27. The van der Waals surface area contributed by atoms with Gasteiger partial charge in [0.2, 0.25) is 0 Å². The van der Waals surface area contributed by atoms with Crippen LogP contribution in [0.5, 0.6) is 5.75 Å². The average molecular weight is 281 g/mol. The summed E-state index contributed by atoms with van der Waals surface area (Å²) >= 11 is 0. The summed E-state index contributed by atoms with van der Waals surface area (Å²) in [6.07, 6.45) is 1.00. The maximum atomic E-state index is 6.30. The van der Waals surface area contributed by atoms with Crippen LogP contribution in [0.2, 0.25) is 0 Å². The minimum atomic E-state index is -0.266. The molecule has 0 spiro atoms. The smallest absolute Gasteiger partial charge is 0.134 e. The predicted molar refractivity (Wildman–Crippen MR) is 84.5 cm³/mol. The molecule has 3 rings (SSSR count). The van der Waals surface area contributed by atoms with Crippen molar-refractivity contribution in [1.29, 1.82) is 0 Å². The Balaban J connectivity index is 1.82. The molecule has 1 aromatic heterocycles. The summed E-state index contributed by atoms with van der Waals surface area (Å²) in [5, 5.41) is 1.07. The Bertz CT molecular complexity index is 682. The first-order valence-electron chi connectivity index (χ1n) is 7.24. The number of rotatable bonds is 5. The van der Waals surface area contributed by atoms with E-state index in [1.165, 1.54) is 0 Å². The fourth-order valence-electron chi connectivity index (χ4n) is 2.31. The van der Waals surface area contributed by atoms with E-state index in [9.17, 15) is 0 Å². The van der Waals surface area contributed by atoms with Crippen LogP contribution in [0.1, 0.15) is 30.7 Å². The molecule has 1 heterocycles. The van der Waals surface area contributed by atoms with Gasteiger partial charge in [-0.15, -0.1) is 0 Å². The van der Waals surface area contributed by atoms with E-state index in [1.54, 1.807) is 0 Å². The molecule has 108 valence electrons. The van der Waals surface area contributed by atoms with Crippen molar-refractivity contribution in [3.8, 4) is 5.75 Å². The van der Waals surface area contributed by atoms with Gasteiger partial charge in [0.05, 0.1) is 12.6 Å². The van der Waals surface area contributed by atoms with Crippen LogP contribution in [0.25, 0.3) is 11.0 Å². The summed E-state index contributed by atoms with van der Waals surface area (Å²) < 4.78 is 11.4. The lowest BCUT2D eigenvalue weighted by Crippen LogP contribution is -2.10. The highest BCUT2D eigenvalue weighted by Gasteiger charge is 2.14. The maximum Gasteiger partial charge on any atom is 0.134 e. The molecule has 3 nitrogen and oxygen atoms in total. The zero-order chi connectivity index (χ0) is 14.7. The van der Waals surface area contributed by atoms with Gasteiger partial charge in [0.15, 0.2) is 0 Å². The maximum absolute atomic E-state index is 6.30. The van der Waals surface area contributed by atoms with Crippen LogP contribution in [0.3, 0.4) is 0 Å². The van der Waals surface area contributed by atoms with Crippen LogP contribution in [0.4, 0.5) is 0 Å². The van der Waals surface area contributed by atoms with Gasteiger partial charge >= 0.3 is 0 Å². The third kappa shape index (κ3) is 2.93. The number of hydrogen-bond donors (Lipinski definition) is 1. The number of para-hydroxylation sites is 1. The first-order chi connectivity index (χ1) is 10.3. The fraction of sp³-hybridized carbons (Fsp3) is 0.222. The second kappa shape index (κ2) is 6.02. The van der Waals surface area contributed by atoms with Gasteiger partial charge in [-0.05, 0) is 36.2 Å². The van der Waals surface area contributed by atoms with Gasteiger partial charge < -0.3 is 14.9 Å². The topological polar surface area (TPSA) is 48.4 Å². The normalized spacial score (nSPS) is 12.5. The zero-order valence-corrected chi connectivity index (χ0v) is 12.1. The van der Waals surface area contributed by atoms with E-state index >= 15 is 0 Å². The minimum Gasteiger partial charge on any atom is -0.494 e. The van der Waals surface area contributed by atoms with Gasteiger partial charge in [-0.25, -0.2) is 0 Å². The largest absolute Gasteiger partial charge is 0.494 e. The van der Waals surface area contributed by atoms with Gasteiger partial charge in [0.1, 0.15) is 17.1 Å². The van der Waals surface area contributed by atoms with E-state index in [1.807, 2.05) is 54.6 Å². The van der Waals surface area contributed by atoms with E-state index in [4.69, 9.17) is 14.9 Å². The van der Waals surface area contributed by atoms with Crippen molar-refractivity contribution in [3.05, 3.63) is 65.9 Å². The van der Waals surface area contributed by atoms with Crippen molar-refractivity contribution in [1.82, 2.24) is 0 Å². The molecule has 1 unspecified atom stereocenters. The first kappa shape index (κ1) is 13.7. The van der Waals surface area contributed by atoms with Crippen LogP contribution in [0, 0.1) is 0 Å². The number of furan rings is 1. The van der Waals surface area contributed by atoms with E-state index < -0.39 is 0 Å². The minimum absolute atomic E-state index is 0.266. The monoisotopic (exact) mass is 281 g/mol. The number of ether oxygens (including phenoxy) is 1. The second-order valence-electron chi connectivity index (χ2n) is 5.08. The Morgan fingerprint density at radius 1 is 1.10 bits per heavy atom. The summed E-state index contributed by atoms with van der Waals surface area (Å²) in [5.41, 5.74) is 8.17. The van der Waals surface area contributed by atoms with Crippen molar-refractivity contribution >= 4 is 11.0 Å². The Hall–Kier alpha value is -2.26. The molecule has 0 fully saturated rings. The quantitative estimate of drug-likeness (QED) is 0.759. The lowest BCUT2D eigenvalue weighted by atomic mass is 10.1. The Morgan fingerprint density at radius 2 is 1.86 bits per heavy atom. The van der Waals surface area contributed by atoms with Crippen LogP contribution >= 0.6 is 0 Å². The molecule has 0 saturated carbocycles. The van der Waals surface area contributed by atoms with Gasteiger partial charge in [-0.2, -0.15) is 0 Å². The molecule has 2 aromatic carbocycles. The molecule has 3 heteroatoms. The van der Waals surface area contributed by atoms with Gasteiger partial charge in [0.25, 0.3) is 0 Å². The van der Waals surface area contributed by atoms with Crippen molar-refractivity contribution in [2.75, 3.05) is 6.61 Å². The standard InChI is InChI=1S/C18H19NO2/c1-2-11-20-15-9-7-13(8-10-15)18(19)17-12-14-5-3-4-6-16(14)21-17/h3-10,12,18H,2,11,19H2,1H3. The average Bonchev–Trinajstić information content (AvgIpc) is 2.96. The molecular weight excluding hydrogens is 262 g/mol. The molecule has 0 aliphatic rings. The SMILES string of the molecule is CCCOc1ccc(C(N)c2cc3ccccc3o2)cc1. The third-order valence-corrected chi connectivity index (χ3v) is 3.46. The number of fused-ring (bicyclic) bond motifs is 1. The van der Waals surface area contributed by atoms with Crippen LogP contribution in [-0.4, -0.2) is 6.61 Å². The number of hydrogen-bond acceptors (Lipinski definition) is 3. The van der Waals surface area contributed by atoms with Crippen molar-refractivity contribution in [2.24, 2.45) is 5.73 Å². The fourth-order valence-corrected chi connectivity index (χ4v) is 2.31. The molecule has 0 radical (unpaired) electrons. The van der Waals surface area contributed by atoms with Crippen molar-refractivity contribution in [3.63, 3.8) is 0 Å². The molecule has 0 bridgehead atoms. The number of nitrogens with two attached hydrogens (primary N) is 1. The molecule has 2 N–H and O–H groups in total. The molecule has 0 aliphatic heterocycles. The summed E-state index contributed by atoms with van der Waals surface area (Å²) in [7, 11) is 0. The van der Waals surface area contributed by atoms with Crippen LogP contribution in [-0.2, 0) is 0 Å². The zero-order valence-electron chi connectivity index (χ0n) is 12.1. The third-order valence-electron chi connectivity index (χ3n) is 3.46. The summed E-state index contributed by atoms with van der Waals surface area (Å²) in [6.45, 7) is 2.82. The van der Waals surface area contributed by atoms with Crippen LogP contribution < -0.4 is 10.5 Å². The molecule has 0 saturated heterocycles. The summed E-state index contributed by atoms with van der Waals surface area (Å²) in [4.78, 5) is 0. The summed E-state index contributed by atoms with van der Waals surface area (Å²) in [5.74, 6) is 1.65. The highest BCUT2D eigenvalue weighted by molar-refractivity contribution is 5.77. The molecule has 1 atom stereocenters. The molecule has 3 aromatic rings. The Labute approximate surface area is 124 Å². The van der Waals surface area contributed by atoms with E-state index in [2.05, 4.69) is 6.92 Å². The Kier molecular flexibility index (Phi) is 3.93. The summed E-state index contributed by atoms with van der Waals surface area (Å²) in [6, 6.07) is 17.5. The Morgan fingerprint density at radius 3 is 2.57 bits per heavy atom. The lowest BCUT2D eigenvalue weighted by molar-refractivity contribution is 0.317. The number of benzene rings is 2. The molecule has 21 heavy (non-hydrogen) atoms. The van der Waals surface area contributed by atoms with Gasteiger partial charge in [0, 0.05) is 5.39 Å².